The molecule has 0 spiro atoms. The second-order valence-electron chi connectivity index (χ2n) is 9.26. The second-order valence-corrected chi connectivity index (χ2v) is 9.67. The highest BCUT2D eigenvalue weighted by atomic mass is 35.5. The minimum absolute atomic E-state index is 0.132. The highest BCUT2D eigenvalue weighted by Gasteiger charge is 2.22. The molecule has 5 rings (SSSR count). The first-order valence-electron chi connectivity index (χ1n) is 12.0. The van der Waals surface area contributed by atoms with E-state index in [0.29, 0.717) is 28.7 Å². The predicted molar refractivity (Wildman–Crippen MR) is 136 cm³/mol. The normalized spacial score (nSPS) is 15.2. The van der Waals surface area contributed by atoms with Crippen LogP contribution in [0.2, 0.25) is 5.02 Å². The lowest BCUT2D eigenvalue weighted by molar-refractivity contribution is 0.0660. The Bertz CT molecular complexity index is 1440. The monoisotopic (exact) mass is 507 g/mol. The fraction of sp³-hybridized carbons (Fsp3) is 0.333. The number of aromatic nitrogens is 5. The summed E-state index contributed by atoms with van der Waals surface area (Å²) in [5.41, 5.74) is 2.88. The van der Waals surface area contributed by atoms with E-state index >= 15 is 0 Å². The molecule has 1 unspecified atom stereocenters. The Kier molecular flexibility index (Phi) is 6.98. The molecule has 0 N–H and O–H groups in total. The number of halogens is 2. The van der Waals surface area contributed by atoms with E-state index < -0.39 is 11.9 Å². The molecule has 0 radical (unpaired) electrons. The molecule has 1 aliphatic heterocycles. The van der Waals surface area contributed by atoms with Gasteiger partial charge in [-0.1, -0.05) is 23.7 Å². The molecular weight excluding hydrogens is 481 g/mol. The Hall–Kier alpha value is -3.36. The number of pyridine rings is 1. The number of benzene rings is 1. The summed E-state index contributed by atoms with van der Waals surface area (Å²) < 4.78 is 23.5. The lowest BCUT2D eigenvalue weighted by Gasteiger charge is -2.21. The van der Waals surface area contributed by atoms with Gasteiger partial charge in [-0.3, -0.25) is 9.48 Å². The largest absolute Gasteiger partial charge is 0.381 e. The van der Waals surface area contributed by atoms with Crippen LogP contribution in [0, 0.1) is 18.7 Å². The van der Waals surface area contributed by atoms with Crippen molar-refractivity contribution in [1.29, 1.82) is 0 Å². The summed E-state index contributed by atoms with van der Waals surface area (Å²) in [4.78, 5) is 22.1. The van der Waals surface area contributed by atoms with Crippen LogP contribution in [0.1, 0.15) is 41.4 Å². The summed E-state index contributed by atoms with van der Waals surface area (Å²) in [5.74, 6) is 0.425. The van der Waals surface area contributed by atoms with Gasteiger partial charge in [0.15, 0.2) is 5.82 Å². The van der Waals surface area contributed by atoms with Crippen molar-refractivity contribution in [2.45, 2.75) is 32.2 Å². The van der Waals surface area contributed by atoms with Crippen molar-refractivity contribution < 1.29 is 9.13 Å². The third-order valence-corrected chi connectivity index (χ3v) is 7.07. The van der Waals surface area contributed by atoms with E-state index in [-0.39, 0.29) is 11.3 Å². The molecule has 7 nitrogen and oxygen atoms in total. The van der Waals surface area contributed by atoms with Crippen LogP contribution in [0.3, 0.4) is 0 Å². The van der Waals surface area contributed by atoms with E-state index in [9.17, 15) is 9.18 Å². The van der Waals surface area contributed by atoms with Crippen LogP contribution in [0.4, 0.5) is 4.39 Å². The van der Waals surface area contributed by atoms with Crippen molar-refractivity contribution in [3.05, 3.63) is 98.8 Å². The summed E-state index contributed by atoms with van der Waals surface area (Å²) in [6.45, 7) is 3.38. The minimum atomic E-state index is -0.558. The van der Waals surface area contributed by atoms with Gasteiger partial charge in [-0.15, -0.1) is 0 Å². The van der Waals surface area contributed by atoms with Crippen molar-refractivity contribution >= 4 is 11.6 Å². The fourth-order valence-electron chi connectivity index (χ4n) is 4.64. The predicted octanol–water partition coefficient (Wildman–Crippen LogP) is 4.75. The lowest BCUT2D eigenvalue weighted by atomic mass is 9.96. The topological polar surface area (TPSA) is 74.8 Å². The molecule has 4 heterocycles. The average Bonchev–Trinajstić information content (AvgIpc) is 3.30. The van der Waals surface area contributed by atoms with Crippen LogP contribution in [0.15, 0.2) is 59.9 Å². The van der Waals surface area contributed by atoms with Crippen LogP contribution in [-0.4, -0.2) is 37.5 Å². The van der Waals surface area contributed by atoms with Crippen molar-refractivity contribution in [2.75, 3.05) is 13.2 Å². The van der Waals surface area contributed by atoms with Gasteiger partial charge in [-0.25, -0.2) is 14.4 Å². The van der Waals surface area contributed by atoms with Crippen molar-refractivity contribution in [1.82, 2.24) is 24.3 Å². The third-order valence-electron chi connectivity index (χ3n) is 6.66. The summed E-state index contributed by atoms with van der Waals surface area (Å²) in [5, 5.41) is 4.90. The van der Waals surface area contributed by atoms with E-state index in [1.165, 1.54) is 12.3 Å². The maximum absolute atomic E-state index is 14.8. The Morgan fingerprint density at radius 3 is 2.67 bits per heavy atom. The number of rotatable bonds is 6. The molecular formula is C27H27ClFN5O2. The molecule has 0 aliphatic carbocycles. The van der Waals surface area contributed by atoms with E-state index in [4.69, 9.17) is 16.3 Å². The molecule has 1 saturated heterocycles. The van der Waals surface area contributed by atoms with Gasteiger partial charge >= 0.3 is 0 Å². The van der Waals surface area contributed by atoms with E-state index in [1.54, 1.807) is 27.7 Å². The zero-order valence-electron chi connectivity index (χ0n) is 20.2. The summed E-state index contributed by atoms with van der Waals surface area (Å²) in [6, 6.07) is 8.43. The first-order chi connectivity index (χ1) is 17.4. The maximum atomic E-state index is 14.8. The molecule has 9 heteroatoms. The summed E-state index contributed by atoms with van der Waals surface area (Å²) in [7, 11) is 1.82. The minimum Gasteiger partial charge on any atom is -0.381 e. The van der Waals surface area contributed by atoms with Crippen LogP contribution in [0.5, 0.6) is 0 Å². The van der Waals surface area contributed by atoms with E-state index in [2.05, 4.69) is 15.1 Å². The molecule has 1 aliphatic rings. The molecule has 1 atom stereocenters. The van der Waals surface area contributed by atoms with E-state index in [0.717, 1.165) is 42.7 Å². The van der Waals surface area contributed by atoms with Gasteiger partial charge in [-0.05, 0) is 48.9 Å². The molecule has 1 aromatic carbocycles. The van der Waals surface area contributed by atoms with Crippen molar-refractivity contribution in [3.63, 3.8) is 0 Å². The van der Waals surface area contributed by atoms with Crippen LogP contribution in [-0.2, 0) is 18.2 Å². The molecule has 4 aromatic rings. The second kappa shape index (κ2) is 10.3. The molecule has 1 fully saturated rings. The van der Waals surface area contributed by atoms with Crippen LogP contribution >= 0.6 is 11.6 Å². The molecule has 0 amide bonds. The van der Waals surface area contributed by atoms with Gasteiger partial charge in [0.1, 0.15) is 11.5 Å². The molecule has 3 aromatic heterocycles. The standard InChI is InChI=1S/C27H27ClFN5O2/c1-17-3-4-20(12-22(17)28)27(21-14-31-33(2)16-21)34-8-5-19(13-25(34)35)26-23(29)15-30-24(32-26)11-18-6-9-36-10-7-18/h3-5,8,12-16,18,27H,6-7,9-11H2,1-2H3. The highest BCUT2D eigenvalue weighted by Crippen LogP contribution is 2.29. The van der Waals surface area contributed by atoms with Gasteiger partial charge in [0.2, 0.25) is 0 Å². The maximum Gasteiger partial charge on any atom is 0.252 e. The van der Waals surface area contributed by atoms with Gasteiger partial charge < -0.3 is 9.30 Å². The molecule has 0 bridgehead atoms. The zero-order chi connectivity index (χ0) is 25.2. The third kappa shape index (κ3) is 5.10. The van der Waals surface area contributed by atoms with Crippen molar-refractivity contribution in [2.24, 2.45) is 13.0 Å². The smallest absolute Gasteiger partial charge is 0.252 e. The Morgan fingerprint density at radius 1 is 1.17 bits per heavy atom. The Morgan fingerprint density at radius 2 is 1.97 bits per heavy atom. The quantitative estimate of drug-likeness (QED) is 0.376. The Labute approximate surface area is 213 Å². The highest BCUT2D eigenvalue weighted by molar-refractivity contribution is 6.31. The zero-order valence-corrected chi connectivity index (χ0v) is 21.0. The van der Waals surface area contributed by atoms with Gasteiger partial charge in [0.25, 0.3) is 5.56 Å². The van der Waals surface area contributed by atoms with Crippen LogP contribution in [0.25, 0.3) is 11.3 Å². The summed E-state index contributed by atoms with van der Waals surface area (Å²) in [6.07, 6.45) is 8.98. The summed E-state index contributed by atoms with van der Waals surface area (Å²) >= 11 is 6.41. The van der Waals surface area contributed by atoms with Gasteiger partial charge in [0, 0.05) is 61.3 Å². The van der Waals surface area contributed by atoms with Gasteiger partial charge in [-0.2, -0.15) is 5.10 Å². The van der Waals surface area contributed by atoms with Crippen molar-refractivity contribution in [3.8, 4) is 11.3 Å². The molecule has 0 saturated carbocycles. The first kappa shape index (κ1) is 24.3. The SMILES string of the molecule is Cc1ccc(C(c2cnn(C)c2)n2ccc(-c3nc(CC4CCOCC4)ncc3F)cc2=O)cc1Cl. The first-order valence-corrected chi connectivity index (χ1v) is 12.3. The lowest BCUT2D eigenvalue weighted by Crippen LogP contribution is -2.25. The molecule has 36 heavy (non-hydrogen) atoms. The number of ether oxygens (including phenoxy) is 1. The number of nitrogens with zero attached hydrogens (tertiary/aromatic N) is 5. The van der Waals surface area contributed by atoms with Crippen LogP contribution < -0.4 is 5.56 Å². The van der Waals surface area contributed by atoms with Gasteiger partial charge in [0.05, 0.1) is 18.4 Å². The number of hydrogen-bond donors (Lipinski definition) is 0. The number of hydrogen-bond acceptors (Lipinski definition) is 5. The number of aryl methyl sites for hydroxylation is 2. The Balaban J connectivity index is 1.51. The fourth-order valence-corrected chi connectivity index (χ4v) is 4.83. The van der Waals surface area contributed by atoms with E-state index in [1.807, 2.05) is 38.4 Å². The molecule has 186 valence electrons. The average molecular weight is 508 g/mol.